The first-order valence-corrected chi connectivity index (χ1v) is 15.1. The normalized spacial score (nSPS) is 25.1. The summed E-state index contributed by atoms with van der Waals surface area (Å²) in [5.74, 6) is 0.400. The number of hydrogen-bond acceptors (Lipinski definition) is 8. The van der Waals surface area contributed by atoms with Gasteiger partial charge in [0.1, 0.15) is 24.6 Å². The Morgan fingerprint density at radius 1 is 1.20 bits per heavy atom. The van der Waals surface area contributed by atoms with E-state index in [2.05, 4.69) is 5.32 Å². The molecule has 1 saturated heterocycles. The number of aliphatic hydroxyl groups is 2. The Balaban J connectivity index is 1.69. The number of aliphatic hydroxyl groups excluding tert-OH is 2. The molecular weight excluding hydrogens is 631 g/mol. The summed E-state index contributed by atoms with van der Waals surface area (Å²) >= 11 is 2.04. The molecule has 1 saturated carbocycles. The van der Waals surface area contributed by atoms with Crippen molar-refractivity contribution in [2.24, 2.45) is 5.92 Å². The van der Waals surface area contributed by atoms with Crippen LogP contribution in [0.3, 0.4) is 0 Å². The molecule has 2 amide bonds. The Bertz CT molecular complexity index is 1080. The molecule has 4 rings (SSSR count). The van der Waals surface area contributed by atoms with E-state index in [-0.39, 0.29) is 31.4 Å². The van der Waals surface area contributed by atoms with Crippen molar-refractivity contribution in [2.75, 3.05) is 33.4 Å². The van der Waals surface area contributed by atoms with Crippen LogP contribution in [-0.4, -0.2) is 91.0 Å². The van der Waals surface area contributed by atoms with Crippen molar-refractivity contribution in [2.45, 2.75) is 75.7 Å². The number of methoxy groups -OCH3 is 1. The lowest BCUT2D eigenvalue weighted by Crippen LogP contribution is -2.58. The van der Waals surface area contributed by atoms with E-state index in [0.29, 0.717) is 58.0 Å². The van der Waals surface area contributed by atoms with Gasteiger partial charge >= 0.3 is 0 Å². The third kappa shape index (κ3) is 7.34. The maximum absolute atomic E-state index is 13.8. The third-order valence-electron chi connectivity index (χ3n) is 7.92. The highest BCUT2D eigenvalue weighted by molar-refractivity contribution is 14.1. The molecule has 1 aliphatic heterocycles. The van der Waals surface area contributed by atoms with Gasteiger partial charge in [0, 0.05) is 37.3 Å². The highest BCUT2D eigenvalue weighted by Crippen LogP contribution is 2.37. The quantitative estimate of drug-likeness (QED) is 0.242. The first-order valence-electron chi connectivity index (χ1n) is 14.1. The van der Waals surface area contributed by atoms with Crippen LogP contribution in [0, 0.1) is 9.49 Å². The first-order chi connectivity index (χ1) is 19.4. The monoisotopic (exact) mass is 670 g/mol. The van der Waals surface area contributed by atoms with Crippen molar-refractivity contribution >= 4 is 40.7 Å². The van der Waals surface area contributed by atoms with Crippen molar-refractivity contribution in [1.82, 2.24) is 10.2 Å². The van der Waals surface area contributed by atoms with E-state index < -0.39 is 24.4 Å². The molecule has 0 radical (unpaired) electrons. The SMILES string of the molecule is COc1cc(C=O)cc(I)c1O[C@H]1C=C(C(=O)NCCO)C[C@@H](N(CC2CCCCC2)C(=O)C2CCCO2)[C@@H]1O. The second-order valence-electron chi connectivity index (χ2n) is 10.7. The van der Waals surface area contributed by atoms with Gasteiger partial charge < -0.3 is 34.6 Å². The Labute approximate surface area is 248 Å². The molecule has 4 atom stereocenters. The van der Waals surface area contributed by atoms with Gasteiger partial charge in [-0.15, -0.1) is 0 Å². The Kier molecular flexibility index (Phi) is 11.2. The zero-order valence-electron chi connectivity index (χ0n) is 22.9. The number of nitrogens with one attached hydrogen (secondary N) is 1. The van der Waals surface area contributed by atoms with Crippen LogP contribution in [0.25, 0.3) is 0 Å². The van der Waals surface area contributed by atoms with Gasteiger partial charge in [-0.1, -0.05) is 19.3 Å². The lowest BCUT2D eigenvalue weighted by Gasteiger charge is -2.43. The molecule has 0 aromatic heterocycles. The summed E-state index contributed by atoms with van der Waals surface area (Å²) in [7, 11) is 1.46. The van der Waals surface area contributed by atoms with Gasteiger partial charge in [-0.25, -0.2) is 0 Å². The fourth-order valence-corrected chi connectivity index (χ4v) is 6.58. The van der Waals surface area contributed by atoms with Gasteiger partial charge in [-0.3, -0.25) is 14.4 Å². The number of aldehydes is 1. The predicted molar refractivity (Wildman–Crippen MR) is 155 cm³/mol. The highest BCUT2D eigenvalue weighted by atomic mass is 127. The molecule has 2 aliphatic carbocycles. The van der Waals surface area contributed by atoms with E-state index in [1.54, 1.807) is 23.1 Å². The van der Waals surface area contributed by atoms with Gasteiger partial charge in [-0.05, 0) is 72.4 Å². The summed E-state index contributed by atoms with van der Waals surface area (Å²) in [6.45, 7) is 0.868. The third-order valence-corrected chi connectivity index (χ3v) is 8.73. The smallest absolute Gasteiger partial charge is 0.252 e. The summed E-state index contributed by atoms with van der Waals surface area (Å²) < 4.78 is 18.1. The van der Waals surface area contributed by atoms with Gasteiger partial charge in [0.05, 0.1) is 23.3 Å². The van der Waals surface area contributed by atoms with Crippen molar-refractivity contribution < 1.29 is 38.8 Å². The van der Waals surface area contributed by atoms with E-state index >= 15 is 0 Å². The van der Waals surface area contributed by atoms with E-state index in [1.807, 2.05) is 22.6 Å². The number of carbonyl (C=O) groups is 3. The van der Waals surface area contributed by atoms with Crippen LogP contribution >= 0.6 is 22.6 Å². The average molecular weight is 671 g/mol. The molecule has 1 heterocycles. The molecular formula is C29H39IN2O8. The number of halogens is 1. The van der Waals surface area contributed by atoms with Gasteiger partial charge in [-0.2, -0.15) is 0 Å². The molecule has 3 N–H and O–H groups in total. The van der Waals surface area contributed by atoms with E-state index in [1.165, 1.54) is 13.5 Å². The standard InChI is InChI=1S/C29H39IN2O8/c1-38-25-13-19(17-34)12-21(30)27(25)40-24-15-20(28(36)31-9-10-33)14-22(26(24)35)32(16-18-6-3-2-4-7-18)29(37)23-8-5-11-39-23/h12-13,15,17-18,22-24,26,33,35H,2-11,14,16H2,1H3,(H,31,36)/t22-,23?,24+,26+/m1/s1. The summed E-state index contributed by atoms with van der Waals surface area (Å²) in [5, 5.41) is 23.7. The van der Waals surface area contributed by atoms with Crippen LogP contribution in [0.5, 0.6) is 11.5 Å². The minimum Gasteiger partial charge on any atom is -0.493 e. The zero-order valence-corrected chi connectivity index (χ0v) is 25.0. The summed E-state index contributed by atoms with van der Waals surface area (Å²) in [4.78, 5) is 40.1. The predicted octanol–water partition coefficient (Wildman–Crippen LogP) is 2.62. The number of ether oxygens (including phenoxy) is 3. The van der Waals surface area contributed by atoms with E-state index in [4.69, 9.17) is 14.2 Å². The zero-order chi connectivity index (χ0) is 28.6. The van der Waals surface area contributed by atoms with Crippen LogP contribution in [0.15, 0.2) is 23.8 Å². The van der Waals surface area contributed by atoms with Crippen LogP contribution in [-0.2, 0) is 14.3 Å². The molecule has 10 nitrogen and oxygen atoms in total. The average Bonchev–Trinajstić information content (AvgIpc) is 3.52. The van der Waals surface area contributed by atoms with Gasteiger partial charge in [0.15, 0.2) is 11.5 Å². The van der Waals surface area contributed by atoms with Gasteiger partial charge in [0.25, 0.3) is 5.91 Å². The van der Waals surface area contributed by atoms with Crippen LogP contribution < -0.4 is 14.8 Å². The number of benzene rings is 1. The molecule has 0 bridgehead atoms. The molecule has 1 aromatic rings. The van der Waals surface area contributed by atoms with Crippen LogP contribution in [0.2, 0.25) is 0 Å². The molecule has 1 unspecified atom stereocenters. The molecule has 2 fully saturated rings. The number of hydrogen-bond donors (Lipinski definition) is 3. The fraction of sp³-hybridized carbons (Fsp3) is 0.621. The number of amides is 2. The van der Waals surface area contributed by atoms with Gasteiger partial charge in [0.2, 0.25) is 5.91 Å². The second kappa shape index (κ2) is 14.6. The molecule has 40 heavy (non-hydrogen) atoms. The summed E-state index contributed by atoms with van der Waals surface area (Å²) in [5.41, 5.74) is 0.775. The Morgan fingerprint density at radius 2 is 1.98 bits per heavy atom. The van der Waals surface area contributed by atoms with Crippen LogP contribution in [0.1, 0.15) is 61.7 Å². The summed E-state index contributed by atoms with van der Waals surface area (Å²) in [6, 6.07) is 2.47. The summed E-state index contributed by atoms with van der Waals surface area (Å²) in [6.07, 6.45) is 6.58. The number of nitrogens with zero attached hydrogens (tertiary/aromatic N) is 1. The van der Waals surface area contributed by atoms with E-state index in [0.717, 1.165) is 32.1 Å². The van der Waals surface area contributed by atoms with Crippen molar-refractivity contribution in [3.05, 3.63) is 32.9 Å². The van der Waals surface area contributed by atoms with Crippen molar-refractivity contribution in [3.8, 4) is 11.5 Å². The Morgan fingerprint density at radius 3 is 2.62 bits per heavy atom. The molecule has 1 aromatic carbocycles. The lowest BCUT2D eigenvalue weighted by atomic mass is 9.85. The maximum atomic E-state index is 13.8. The number of rotatable bonds is 11. The first kappa shape index (κ1) is 30.7. The molecule has 0 spiro atoms. The topological polar surface area (TPSA) is 135 Å². The Hall–Kier alpha value is -2.22. The van der Waals surface area contributed by atoms with Crippen LogP contribution in [0.4, 0.5) is 0 Å². The van der Waals surface area contributed by atoms with Crippen molar-refractivity contribution in [3.63, 3.8) is 0 Å². The van der Waals surface area contributed by atoms with Crippen molar-refractivity contribution in [1.29, 1.82) is 0 Å². The second-order valence-corrected chi connectivity index (χ2v) is 11.8. The molecule has 3 aliphatic rings. The molecule has 11 heteroatoms. The largest absolute Gasteiger partial charge is 0.493 e. The number of carbonyl (C=O) groups excluding carboxylic acids is 3. The highest BCUT2D eigenvalue weighted by Gasteiger charge is 2.43. The lowest BCUT2D eigenvalue weighted by molar-refractivity contribution is -0.149. The maximum Gasteiger partial charge on any atom is 0.252 e. The molecule has 220 valence electrons. The van der Waals surface area contributed by atoms with E-state index in [9.17, 15) is 24.6 Å². The fourth-order valence-electron chi connectivity index (χ4n) is 5.83. The minimum atomic E-state index is -1.14. The minimum absolute atomic E-state index is 0.0778.